The van der Waals surface area contributed by atoms with Crippen LogP contribution in [0.2, 0.25) is 0 Å². The molecule has 4 heterocycles. The van der Waals surface area contributed by atoms with Crippen LogP contribution in [-0.4, -0.2) is 63.8 Å². The van der Waals surface area contributed by atoms with E-state index in [4.69, 9.17) is 4.74 Å². The maximum atomic E-state index is 14.4. The summed E-state index contributed by atoms with van der Waals surface area (Å²) in [6.07, 6.45) is 9.23. The van der Waals surface area contributed by atoms with E-state index in [1.807, 2.05) is 30.8 Å². The highest BCUT2D eigenvalue weighted by molar-refractivity contribution is 7.94. The van der Waals surface area contributed by atoms with Crippen molar-refractivity contribution in [3.63, 3.8) is 0 Å². The summed E-state index contributed by atoms with van der Waals surface area (Å²) in [6.45, 7) is 11.0. The molecule has 2 aliphatic heterocycles. The molecule has 0 amide bonds. The summed E-state index contributed by atoms with van der Waals surface area (Å²) >= 11 is 0. The highest BCUT2D eigenvalue weighted by Gasteiger charge is 2.31. The Labute approximate surface area is 214 Å². The zero-order valence-electron chi connectivity index (χ0n) is 21.7. The summed E-state index contributed by atoms with van der Waals surface area (Å²) in [7, 11) is -1.24. The van der Waals surface area contributed by atoms with Gasteiger partial charge in [0, 0.05) is 62.9 Å². The van der Waals surface area contributed by atoms with Crippen molar-refractivity contribution in [2.24, 2.45) is 16.2 Å². The van der Waals surface area contributed by atoms with Crippen molar-refractivity contribution >= 4 is 20.6 Å². The highest BCUT2D eigenvalue weighted by Crippen LogP contribution is 2.35. The summed E-state index contributed by atoms with van der Waals surface area (Å²) in [4.78, 5) is 7.48. The number of ether oxygens (including phenoxy) is 1. The monoisotopic (exact) mass is 512 g/mol. The van der Waals surface area contributed by atoms with E-state index in [2.05, 4.69) is 27.4 Å². The van der Waals surface area contributed by atoms with Crippen LogP contribution in [0.4, 0.5) is 4.39 Å². The molecule has 2 saturated heterocycles. The van der Waals surface area contributed by atoms with Crippen LogP contribution >= 0.6 is 0 Å². The molecule has 0 spiro atoms. The molecule has 6 nitrogen and oxygen atoms in total. The summed E-state index contributed by atoms with van der Waals surface area (Å²) < 4.78 is 40.1. The average molecular weight is 513 g/mol. The molecule has 3 aromatic rings. The van der Waals surface area contributed by atoms with Crippen molar-refractivity contribution in [3.8, 4) is 5.69 Å². The first-order chi connectivity index (χ1) is 17.3. The first-order valence-corrected chi connectivity index (χ1v) is 14.6. The maximum Gasteiger partial charge on any atom is 0.124 e. The van der Waals surface area contributed by atoms with E-state index in [1.165, 1.54) is 42.5 Å². The van der Waals surface area contributed by atoms with Gasteiger partial charge in [-0.15, -0.1) is 0 Å². The van der Waals surface area contributed by atoms with Gasteiger partial charge in [-0.3, -0.25) is 4.98 Å². The fourth-order valence-corrected chi connectivity index (χ4v) is 7.71. The molecule has 2 fully saturated rings. The Morgan fingerprint density at radius 2 is 1.94 bits per heavy atom. The Hall–Kier alpha value is -2.29. The SMILES string of the molecule is CN=[S@@](=O)(c1cc(F)ccc1-n1cc(CC2CN(CC3CCOCC3)C2)c2c(C)cncc21)C(C)C. The standard InChI is InChI=1S/C28H37FN4O2S/c1-19(2)36(34,30-4)27-12-24(29)5-6-25(27)33-18-23(28-20(3)13-31-14-26(28)33)11-22-16-32(17-22)15-21-7-9-35-10-8-21/h5-6,12-14,18-19,21-22H,7-11,15-17H2,1-4H3/t36-/m0/s1. The van der Waals surface area contributed by atoms with Gasteiger partial charge >= 0.3 is 0 Å². The van der Waals surface area contributed by atoms with E-state index in [9.17, 15) is 8.60 Å². The van der Waals surface area contributed by atoms with Crippen molar-refractivity contribution < 1.29 is 13.3 Å². The molecule has 36 heavy (non-hydrogen) atoms. The van der Waals surface area contributed by atoms with Gasteiger partial charge in [0.2, 0.25) is 0 Å². The van der Waals surface area contributed by atoms with Crippen LogP contribution in [0, 0.1) is 24.6 Å². The van der Waals surface area contributed by atoms with Gasteiger partial charge < -0.3 is 14.2 Å². The summed E-state index contributed by atoms with van der Waals surface area (Å²) in [6, 6.07) is 4.55. The van der Waals surface area contributed by atoms with E-state index in [-0.39, 0.29) is 5.25 Å². The molecule has 194 valence electrons. The second-order valence-electron chi connectivity index (χ2n) is 10.6. The predicted molar refractivity (Wildman–Crippen MR) is 143 cm³/mol. The van der Waals surface area contributed by atoms with Gasteiger partial charge in [-0.1, -0.05) is 0 Å². The van der Waals surface area contributed by atoms with Crippen LogP contribution in [0.15, 0.2) is 46.0 Å². The van der Waals surface area contributed by atoms with Crippen LogP contribution in [0.1, 0.15) is 37.8 Å². The first-order valence-electron chi connectivity index (χ1n) is 13.0. The average Bonchev–Trinajstić information content (AvgIpc) is 3.22. The third kappa shape index (κ3) is 4.71. The van der Waals surface area contributed by atoms with Gasteiger partial charge in [0.1, 0.15) is 5.82 Å². The molecular weight excluding hydrogens is 475 g/mol. The molecule has 1 aromatic carbocycles. The van der Waals surface area contributed by atoms with Crippen LogP contribution in [-0.2, 0) is 20.9 Å². The van der Waals surface area contributed by atoms with E-state index in [0.29, 0.717) is 16.5 Å². The number of benzene rings is 1. The number of nitrogens with zero attached hydrogens (tertiary/aromatic N) is 4. The first kappa shape index (κ1) is 25.4. The molecule has 0 unspecified atom stereocenters. The zero-order valence-corrected chi connectivity index (χ0v) is 22.6. The van der Waals surface area contributed by atoms with E-state index in [1.54, 1.807) is 13.1 Å². The number of likely N-dealkylation sites (tertiary alicyclic amines) is 1. The minimum absolute atomic E-state index is 0.249. The number of hydrogen-bond acceptors (Lipinski definition) is 5. The largest absolute Gasteiger partial charge is 0.381 e. The van der Waals surface area contributed by atoms with Crippen molar-refractivity contribution in [3.05, 3.63) is 53.7 Å². The van der Waals surface area contributed by atoms with Gasteiger partial charge in [0.25, 0.3) is 0 Å². The van der Waals surface area contributed by atoms with Crippen LogP contribution in [0.25, 0.3) is 16.6 Å². The number of aryl methyl sites for hydroxylation is 1. The summed E-state index contributed by atoms with van der Waals surface area (Å²) in [5.41, 5.74) is 4.05. The van der Waals surface area contributed by atoms with Crippen LogP contribution in [0.5, 0.6) is 0 Å². The lowest BCUT2D eigenvalue weighted by molar-refractivity contribution is 0.0254. The zero-order chi connectivity index (χ0) is 25.4. The quantitative estimate of drug-likeness (QED) is 0.435. The molecule has 0 radical (unpaired) electrons. The molecule has 5 rings (SSSR count). The lowest BCUT2D eigenvalue weighted by atomic mass is 9.89. The normalized spacial score (nSPS) is 19.5. The second-order valence-corrected chi connectivity index (χ2v) is 13.5. The lowest BCUT2D eigenvalue weighted by Crippen LogP contribution is -2.49. The number of fused-ring (bicyclic) bond motifs is 1. The lowest BCUT2D eigenvalue weighted by Gasteiger charge is -2.42. The van der Waals surface area contributed by atoms with Crippen molar-refractivity contribution in [1.82, 2.24) is 14.5 Å². The summed E-state index contributed by atoms with van der Waals surface area (Å²) in [5, 5.41) is 0.938. The smallest absolute Gasteiger partial charge is 0.124 e. The number of rotatable bonds is 7. The Morgan fingerprint density at radius 3 is 2.64 bits per heavy atom. The molecule has 2 aliphatic rings. The Morgan fingerprint density at radius 1 is 1.19 bits per heavy atom. The Balaban J connectivity index is 1.47. The molecule has 0 saturated carbocycles. The van der Waals surface area contributed by atoms with Gasteiger partial charge in [-0.05, 0) is 81.2 Å². The van der Waals surface area contributed by atoms with Gasteiger partial charge in [-0.2, -0.15) is 0 Å². The van der Waals surface area contributed by atoms with Crippen molar-refractivity contribution in [2.45, 2.75) is 50.2 Å². The fourth-order valence-electron chi connectivity index (χ4n) is 5.84. The van der Waals surface area contributed by atoms with Crippen LogP contribution in [0.3, 0.4) is 0 Å². The molecular formula is C28H37FN4O2S. The van der Waals surface area contributed by atoms with Gasteiger partial charge in [0.05, 0.1) is 32.0 Å². The molecule has 2 aromatic heterocycles. The molecule has 0 bridgehead atoms. The van der Waals surface area contributed by atoms with E-state index in [0.717, 1.165) is 49.7 Å². The van der Waals surface area contributed by atoms with Crippen molar-refractivity contribution in [1.29, 1.82) is 0 Å². The molecule has 8 heteroatoms. The van der Waals surface area contributed by atoms with Crippen molar-refractivity contribution in [2.75, 3.05) is 39.9 Å². The van der Waals surface area contributed by atoms with E-state index < -0.39 is 15.5 Å². The topological polar surface area (TPSA) is 59.7 Å². The second kappa shape index (κ2) is 10.2. The minimum Gasteiger partial charge on any atom is -0.381 e. The maximum absolute atomic E-state index is 14.4. The predicted octanol–water partition coefficient (Wildman–Crippen LogP) is 5.24. The number of halogens is 1. The highest BCUT2D eigenvalue weighted by atomic mass is 32.2. The van der Waals surface area contributed by atoms with Crippen LogP contribution < -0.4 is 0 Å². The third-order valence-corrected chi connectivity index (χ3v) is 10.6. The van der Waals surface area contributed by atoms with Gasteiger partial charge in [-0.25, -0.2) is 13.0 Å². The molecule has 1 atom stereocenters. The third-order valence-electron chi connectivity index (χ3n) is 7.79. The minimum atomic E-state index is -2.80. The summed E-state index contributed by atoms with van der Waals surface area (Å²) in [5.74, 6) is 0.956. The fraction of sp³-hybridized carbons (Fsp3) is 0.536. The Kier molecular flexibility index (Phi) is 7.21. The molecule has 0 aliphatic carbocycles. The molecule has 0 N–H and O–H groups in total. The number of hydrogen-bond donors (Lipinski definition) is 0. The number of aromatic nitrogens is 2. The van der Waals surface area contributed by atoms with Gasteiger partial charge in [0.15, 0.2) is 0 Å². The number of pyridine rings is 1. The Bertz CT molecular complexity index is 1360. The van der Waals surface area contributed by atoms with E-state index >= 15 is 0 Å².